The van der Waals surface area contributed by atoms with Gasteiger partial charge in [0.15, 0.2) is 11.4 Å². The van der Waals surface area contributed by atoms with Gasteiger partial charge >= 0.3 is 12.1 Å². The summed E-state index contributed by atoms with van der Waals surface area (Å²) >= 11 is 12.6. The Hall–Kier alpha value is -2.32. The minimum absolute atomic E-state index is 0.0467. The van der Waals surface area contributed by atoms with Crippen LogP contribution in [0.5, 0.6) is 0 Å². The molecular formula is C21H19Cl2FN2O5. The van der Waals surface area contributed by atoms with E-state index in [2.05, 4.69) is 5.16 Å². The van der Waals surface area contributed by atoms with Gasteiger partial charge in [-0.25, -0.2) is 14.0 Å². The summed E-state index contributed by atoms with van der Waals surface area (Å²) in [6.45, 7) is 0. The number of hydrogen-bond acceptors (Lipinski definition) is 5. The minimum atomic E-state index is -1.76. The van der Waals surface area contributed by atoms with E-state index < -0.39 is 23.8 Å². The Morgan fingerprint density at radius 3 is 2.35 bits per heavy atom. The summed E-state index contributed by atoms with van der Waals surface area (Å²) in [7, 11) is 0. The SMILES string of the molecule is O=C(O[C@H]1C[C@H]2CC[C@@H](C1)N2C(=O)O)c1c(-c2c(Cl)cccc2Cl)noc1C1(F)CC1. The van der Waals surface area contributed by atoms with Gasteiger partial charge in [0.25, 0.3) is 0 Å². The van der Waals surface area contributed by atoms with E-state index in [0.717, 1.165) is 12.8 Å². The van der Waals surface area contributed by atoms with Crippen molar-refractivity contribution < 1.29 is 28.3 Å². The van der Waals surface area contributed by atoms with Crippen molar-refractivity contribution in [3.05, 3.63) is 39.6 Å². The van der Waals surface area contributed by atoms with Crippen LogP contribution >= 0.6 is 23.2 Å². The Bertz CT molecular complexity index is 1040. The lowest BCUT2D eigenvalue weighted by Gasteiger charge is -2.36. The fourth-order valence-electron chi connectivity index (χ4n) is 4.76. The minimum Gasteiger partial charge on any atom is -0.465 e. The summed E-state index contributed by atoms with van der Waals surface area (Å²) in [5.74, 6) is -0.936. The topological polar surface area (TPSA) is 92.9 Å². The predicted molar refractivity (Wildman–Crippen MR) is 109 cm³/mol. The molecule has 0 radical (unpaired) electrons. The lowest BCUT2D eigenvalue weighted by molar-refractivity contribution is -0.00246. The molecule has 7 nitrogen and oxygen atoms in total. The highest BCUT2D eigenvalue weighted by Crippen LogP contribution is 2.53. The van der Waals surface area contributed by atoms with Gasteiger partial charge in [-0.2, -0.15) is 0 Å². The van der Waals surface area contributed by atoms with Gasteiger partial charge in [-0.3, -0.25) is 0 Å². The second-order valence-corrected chi connectivity index (χ2v) is 9.19. The molecule has 3 aliphatic rings. The van der Waals surface area contributed by atoms with E-state index >= 15 is 0 Å². The van der Waals surface area contributed by atoms with Crippen molar-refractivity contribution in [2.75, 3.05) is 0 Å². The van der Waals surface area contributed by atoms with E-state index in [1.807, 2.05) is 0 Å². The van der Waals surface area contributed by atoms with Crippen molar-refractivity contribution in [3.8, 4) is 11.3 Å². The Morgan fingerprint density at radius 2 is 1.81 bits per heavy atom. The molecule has 2 aliphatic heterocycles. The summed E-state index contributed by atoms with van der Waals surface area (Å²) in [5, 5.41) is 13.8. The molecule has 3 fully saturated rings. The maximum absolute atomic E-state index is 15.0. The number of carbonyl (C=O) groups is 2. The number of nitrogens with zero attached hydrogens (tertiary/aromatic N) is 2. The van der Waals surface area contributed by atoms with Crippen LogP contribution in [0.2, 0.25) is 10.0 Å². The van der Waals surface area contributed by atoms with Crippen LogP contribution in [0.1, 0.15) is 54.6 Å². The summed E-state index contributed by atoms with van der Waals surface area (Å²) in [6.07, 6.45) is 1.28. The number of benzene rings is 1. The van der Waals surface area contributed by atoms with E-state index in [9.17, 15) is 19.1 Å². The number of esters is 1. The van der Waals surface area contributed by atoms with Crippen LogP contribution in [0, 0.1) is 0 Å². The standard InChI is InChI=1S/C21H19Cl2FN2O5/c22-13-2-1-3-14(23)15(13)17-16(18(31-25-17)21(24)6-7-21)19(27)30-12-8-10-4-5-11(9-12)26(10)20(28)29/h1-3,10-12H,4-9H2,(H,28,29)/t10-,11+,12+. The van der Waals surface area contributed by atoms with Gasteiger partial charge in [-0.1, -0.05) is 34.4 Å². The molecule has 1 amide bonds. The van der Waals surface area contributed by atoms with Crippen molar-refractivity contribution in [2.45, 2.75) is 62.4 Å². The van der Waals surface area contributed by atoms with Crippen LogP contribution in [0.3, 0.4) is 0 Å². The number of rotatable bonds is 4. The van der Waals surface area contributed by atoms with Crippen LogP contribution in [0.4, 0.5) is 9.18 Å². The Kier molecular flexibility index (Phi) is 4.90. The second-order valence-electron chi connectivity index (χ2n) is 8.37. The Morgan fingerprint density at radius 1 is 1.19 bits per heavy atom. The summed E-state index contributed by atoms with van der Waals surface area (Å²) in [6, 6.07) is 4.45. The van der Waals surface area contributed by atoms with E-state index in [4.69, 9.17) is 32.5 Å². The van der Waals surface area contributed by atoms with Gasteiger partial charge in [0.05, 0.1) is 10.0 Å². The number of ether oxygens (including phenoxy) is 1. The van der Waals surface area contributed by atoms with Gasteiger partial charge in [-0.05, 0) is 37.8 Å². The molecule has 1 aromatic heterocycles. The number of fused-ring (bicyclic) bond motifs is 2. The van der Waals surface area contributed by atoms with Gasteiger partial charge in [0.2, 0.25) is 0 Å². The molecule has 3 heterocycles. The summed E-state index contributed by atoms with van der Waals surface area (Å²) < 4.78 is 26.0. The molecule has 2 bridgehead atoms. The molecule has 31 heavy (non-hydrogen) atoms. The molecule has 0 spiro atoms. The van der Waals surface area contributed by atoms with Crippen LogP contribution in [0.15, 0.2) is 22.7 Å². The summed E-state index contributed by atoms with van der Waals surface area (Å²) in [4.78, 5) is 26.2. The smallest absolute Gasteiger partial charge is 0.407 e. The third kappa shape index (κ3) is 3.46. The van der Waals surface area contributed by atoms with Crippen molar-refractivity contribution in [1.82, 2.24) is 10.1 Å². The molecule has 10 heteroatoms. The van der Waals surface area contributed by atoms with Crippen molar-refractivity contribution in [1.29, 1.82) is 0 Å². The van der Waals surface area contributed by atoms with E-state index in [1.165, 1.54) is 4.90 Å². The lowest BCUT2D eigenvalue weighted by Crippen LogP contribution is -2.48. The molecule has 2 aromatic rings. The molecule has 164 valence electrons. The highest BCUT2D eigenvalue weighted by Gasteiger charge is 2.53. The lowest BCUT2D eigenvalue weighted by atomic mass is 9.99. The first-order valence-electron chi connectivity index (χ1n) is 10.1. The number of amides is 1. The van der Waals surface area contributed by atoms with Crippen molar-refractivity contribution >= 4 is 35.3 Å². The first-order valence-corrected chi connectivity index (χ1v) is 10.9. The fraction of sp³-hybridized carbons (Fsp3) is 0.476. The van der Waals surface area contributed by atoms with Gasteiger partial charge in [0, 0.05) is 30.5 Å². The predicted octanol–water partition coefficient (Wildman–Crippen LogP) is 5.44. The number of carbonyl (C=O) groups excluding carboxylic acids is 1. The van der Waals surface area contributed by atoms with Gasteiger partial charge in [0.1, 0.15) is 17.4 Å². The maximum atomic E-state index is 15.0. The Labute approximate surface area is 187 Å². The molecule has 1 aliphatic carbocycles. The first-order chi connectivity index (χ1) is 14.8. The highest BCUT2D eigenvalue weighted by atomic mass is 35.5. The van der Waals surface area contributed by atoms with E-state index in [1.54, 1.807) is 18.2 Å². The van der Waals surface area contributed by atoms with E-state index in [0.29, 0.717) is 12.8 Å². The zero-order valence-corrected chi connectivity index (χ0v) is 17.8. The molecule has 1 saturated carbocycles. The molecule has 1 N–H and O–H groups in total. The number of piperidine rings is 1. The maximum Gasteiger partial charge on any atom is 0.407 e. The van der Waals surface area contributed by atoms with Gasteiger partial charge < -0.3 is 19.3 Å². The molecule has 1 aromatic carbocycles. The average Bonchev–Trinajstić information content (AvgIpc) is 3.18. The molecule has 3 atom stereocenters. The second kappa shape index (κ2) is 7.38. The largest absolute Gasteiger partial charge is 0.465 e. The molecular weight excluding hydrogens is 450 g/mol. The quantitative estimate of drug-likeness (QED) is 0.600. The molecule has 0 unspecified atom stereocenters. The fourth-order valence-corrected chi connectivity index (χ4v) is 5.34. The summed E-state index contributed by atoms with van der Waals surface area (Å²) in [5.41, 5.74) is -1.55. The number of alkyl halides is 1. The van der Waals surface area contributed by atoms with Crippen LogP contribution in [0.25, 0.3) is 11.3 Å². The average molecular weight is 469 g/mol. The normalized spacial score (nSPS) is 26.0. The van der Waals surface area contributed by atoms with Crippen LogP contribution in [-0.2, 0) is 10.4 Å². The highest BCUT2D eigenvalue weighted by molar-refractivity contribution is 6.39. The third-order valence-corrected chi connectivity index (χ3v) is 7.01. The van der Waals surface area contributed by atoms with Crippen molar-refractivity contribution in [3.63, 3.8) is 0 Å². The molecule has 5 rings (SSSR count). The van der Waals surface area contributed by atoms with Crippen LogP contribution < -0.4 is 0 Å². The number of halogens is 3. The van der Waals surface area contributed by atoms with Crippen LogP contribution in [-0.4, -0.2) is 45.4 Å². The zero-order chi connectivity index (χ0) is 21.9. The number of hydrogen-bond donors (Lipinski definition) is 1. The first kappa shape index (κ1) is 20.6. The number of aromatic nitrogens is 1. The number of carboxylic acid groups (broad SMARTS) is 1. The van der Waals surface area contributed by atoms with Crippen molar-refractivity contribution in [2.24, 2.45) is 0 Å². The molecule has 2 saturated heterocycles. The van der Waals surface area contributed by atoms with Gasteiger partial charge in [-0.15, -0.1) is 0 Å². The zero-order valence-electron chi connectivity index (χ0n) is 16.3. The monoisotopic (exact) mass is 468 g/mol. The third-order valence-electron chi connectivity index (χ3n) is 6.38. The Balaban J connectivity index is 1.47. The van der Waals surface area contributed by atoms with E-state index in [-0.39, 0.29) is 57.6 Å².